The molecular weight excluding hydrogens is 516 g/mol. The summed E-state index contributed by atoms with van der Waals surface area (Å²) in [5, 5.41) is 42.3. The fraction of sp³-hybridized carbons (Fsp3) is 0.457. The Kier molecular flexibility index (Phi) is 8.60. The molecule has 5 rings (SSSR count). The molecule has 4 atom stereocenters. The highest BCUT2D eigenvalue weighted by Crippen LogP contribution is 2.56. The second kappa shape index (κ2) is 12.2. The van der Waals surface area contributed by atoms with Gasteiger partial charge >= 0.3 is 0 Å². The van der Waals surface area contributed by atoms with E-state index in [9.17, 15) is 25.2 Å². The summed E-state index contributed by atoms with van der Waals surface area (Å²) in [6.45, 7) is 0. The molecule has 2 saturated carbocycles. The molecule has 2 aliphatic carbocycles. The van der Waals surface area contributed by atoms with Crippen LogP contribution in [-0.4, -0.2) is 38.9 Å². The van der Waals surface area contributed by atoms with Crippen molar-refractivity contribution in [2.75, 3.05) is 7.11 Å². The van der Waals surface area contributed by atoms with Crippen LogP contribution >= 0.6 is 0 Å². The van der Waals surface area contributed by atoms with Gasteiger partial charge in [-0.15, -0.1) is 0 Å². The van der Waals surface area contributed by atoms with Crippen molar-refractivity contribution >= 4 is 5.78 Å². The van der Waals surface area contributed by atoms with E-state index in [1.807, 2.05) is 36.4 Å². The van der Waals surface area contributed by atoms with Gasteiger partial charge in [0.1, 0.15) is 5.78 Å². The van der Waals surface area contributed by atoms with Crippen LogP contribution in [0, 0.1) is 5.92 Å². The summed E-state index contributed by atoms with van der Waals surface area (Å²) in [4.78, 5) is 13.7. The van der Waals surface area contributed by atoms with Gasteiger partial charge in [-0.05, 0) is 97.7 Å². The third kappa shape index (κ3) is 6.38. The molecule has 0 spiro atoms. The van der Waals surface area contributed by atoms with E-state index in [-0.39, 0.29) is 40.8 Å². The van der Waals surface area contributed by atoms with Crippen LogP contribution in [-0.2, 0) is 16.6 Å². The molecule has 0 saturated heterocycles. The predicted octanol–water partition coefficient (Wildman–Crippen LogP) is 6.92. The molecule has 3 aromatic carbocycles. The minimum Gasteiger partial charge on any atom is -0.504 e. The van der Waals surface area contributed by atoms with E-state index < -0.39 is 5.60 Å². The normalized spacial score (nSPS) is 24.8. The van der Waals surface area contributed by atoms with Crippen LogP contribution in [0.2, 0.25) is 0 Å². The number of ketones is 1. The summed E-state index contributed by atoms with van der Waals surface area (Å²) in [6, 6.07) is 20.5. The monoisotopic (exact) mass is 558 g/mol. The average Bonchev–Trinajstić information content (AvgIpc) is 2.97. The number of ether oxygens (including phenoxy) is 1. The fourth-order valence-electron chi connectivity index (χ4n) is 7.58. The van der Waals surface area contributed by atoms with Crippen molar-refractivity contribution < 1.29 is 30.0 Å². The highest BCUT2D eigenvalue weighted by molar-refractivity contribution is 5.80. The molecule has 6 nitrogen and oxygen atoms in total. The third-order valence-electron chi connectivity index (χ3n) is 9.66. The number of fused-ring (bicyclic) bond motifs is 1. The second-order valence-electron chi connectivity index (χ2n) is 12.3. The van der Waals surface area contributed by atoms with Gasteiger partial charge < -0.3 is 25.2 Å². The third-order valence-corrected chi connectivity index (χ3v) is 9.66. The Morgan fingerprint density at radius 3 is 2.46 bits per heavy atom. The number of hydrogen-bond donors (Lipinski definition) is 4. The van der Waals surface area contributed by atoms with Gasteiger partial charge in [0.2, 0.25) is 0 Å². The van der Waals surface area contributed by atoms with Crippen molar-refractivity contribution in [3.8, 4) is 23.0 Å². The van der Waals surface area contributed by atoms with E-state index in [1.54, 1.807) is 12.1 Å². The van der Waals surface area contributed by atoms with Gasteiger partial charge in [0.25, 0.3) is 0 Å². The Morgan fingerprint density at radius 2 is 1.71 bits per heavy atom. The van der Waals surface area contributed by atoms with Gasteiger partial charge in [-0.1, -0.05) is 55.3 Å². The smallest absolute Gasteiger partial charge is 0.160 e. The molecule has 218 valence electrons. The number of benzene rings is 3. The lowest BCUT2D eigenvalue weighted by atomic mass is 9.53. The van der Waals surface area contributed by atoms with Crippen molar-refractivity contribution in [3.63, 3.8) is 0 Å². The predicted molar refractivity (Wildman–Crippen MR) is 159 cm³/mol. The Balaban J connectivity index is 1.36. The molecule has 0 aromatic heterocycles. The minimum atomic E-state index is -1.13. The molecule has 41 heavy (non-hydrogen) atoms. The maximum Gasteiger partial charge on any atom is 0.160 e. The molecule has 0 aliphatic heterocycles. The van der Waals surface area contributed by atoms with E-state index in [1.165, 1.54) is 18.7 Å². The van der Waals surface area contributed by atoms with Crippen LogP contribution in [0.5, 0.6) is 23.0 Å². The maximum atomic E-state index is 13.7. The molecule has 0 heterocycles. The summed E-state index contributed by atoms with van der Waals surface area (Å²) < 4.78 is 5.35. The molecule has 3 aromatic rings. The van der Waals surface area contributed by atoms with Crippen LogP contribution in [0.25, 0.3) is 0 Å². The van der Waals surface area contributed by atoms with Crippen molar-refractivity contribution in [2.45, 2.75) is 87.6 Å². The molecule has 0 radical (unpaired) electrons. The topological polar surface area (TPSA) is 107 Å². The zero-order chi connectivity index (χ0) is 29.0. The summed E-state index contributed by atoms with van der Waals surface area (Å²) in [6.07, 6.45) is 7.96. The van der Waals surface area contributed by atoms with E-state index in [0.717, 1.165) is 56.1 Å². The largest absolute Gasteiger partial charge is 0.504 e. The summed E-state index contributed by atoms with van der Waals surface area (Å²) >= 11 is 0. The number of aromatic hydroxyl groups is 3. The number of carbonyl (C=O) groups excluding carboxylic acids is 1. The summed E-state index contributed by atoms with van der Waals surface area (Å²) in [5.74, 6) is 0.466. The second-order valence-corrected chi connectivity index (χ2v) is 12.3. The lowest BCUT2D eigenvalue weighted by Gasteiger charge is -2.53. The number of phenolic OH excluding ortho intramolecular Hbond substituents is 3. The number of methoxy groups -OCH3 is 1. The molecule has 4 N–H and O–H groups in total. The van der Waals surface area contributed by atoms with E-state index in [4.69, 9.17) is 4.74 Å². The summed E-state index contributed by atoms with van der Waals surface area (Å²) in [5.41, 5.74) is 1.62. The minimum absolute atomic E-state index is 0.0237. The Labute approximate surface area is 242 Å². The van der Waals surface area contributed by atoms with Crippen molar-refractivity contribution in [1.82, 2.24) is 0 Å². The average molecular weight is 559 g/mol. The van der Waals surface area contributed by atoms with E-state index in [2.05, 4.69) is 12.1 Å². The Morgan fingerprint density at radius 1 is 0.927 bits per heavy atom. The highest BCUT2D eigenvalue weighted by Gasteiger charge is 2.51. The van der Waals surface area contributed by atoms with Gasteiger partial charge in [0.15, 0.2) is 23.0 Å². The molecule has 0 bridgehead atoms. The zero-order valence-electron chi connectivity index (χ0n) is 23.9. The molecule has 2 fully saturated rings. The molecule has 0 amide bonds. The maximum absolute atomic E-state index is 13.7. The van der Waals surface area contributed by atoms with Crippen molar-refractivity contribution in [3.05, 3.63) is 83.4 Å². The van der Waals surface area contributed by atoms with Crippen LogP contribution in [0.15, 0.2) is 66.7 Å². The Bertz CT molecular complexity index is 1350. The lowest BCUT2D eigenvalue weighted by Crippen LogP contribution is -2.51. The number of aryl methyl sites for hydroxylation is 1. The number of rotatable bonds is 10. The summed E-state index contributed by atoms with van der Waals surface area (Å²) in [7, 11) is 1.52. The molecule has 2 aliphatic rings. The zero-order valence-corrected chi connectivity index (χ0v) is 23.9. The van der Waals surface area contributed by atoms with Gasteiger partial charge in [-0.3, -0.25) is 4.79 Å². The number of aliphatic hydroxyl groups is 1. The van der Waals surface area contributed by atoms with Crippen molar-refractivity contribution in [2.24, 2.45) is 5.92 Å². The SMILES string of the molecule is COc1cc(C(CCc2ccccc2)CC(=O)CC2(O)CCC3CCCCC3(c3ccc(O)c(O)c3)C2)ccc1O. The Hall–Kier alpha value is -3.51. The highest BCUT2D eigenvalue weighted by atomic mass is 16.5. The fourth-order valence-corrected chi connectivity index (χ4v) is 7.58. The van der Waals surface area contributed by atoms with Crippen LogP contribution in [0.1, 0.15) is 86.8 Å². The first-order valence-electron chi connectivity index (χ1n) is 14.9. The molecule has 6 heteroatoms. The van der Waals surface area contributed by atoms with Crippen molar-refractivity contribution in [1.29, 1.82) is 0 Å². The first kappa shape index (κ1) is 29.0. The van der Waals surface area contributed by atoms with E-state index >= 15 is 0 Å². The number of phenols is 3. The number of carbonyl (C=O) groups is 1. The van der Waals surface area contributed by atoms with Crippen LogP contribution in [0.4, 0.5) is 0 Å². The number of hydrogen-bond acceptors (Lipinski definition) is 6. The first-order chi connectivity index (χ1) is 19.7. The molecule has 4 unspecified atom stereocenters. The lowest BCUT2D eigenvalue weighted by molar-refractivity contribution is -0.129. The quantitative estimate of drug-likeness (QED) is 0.201. The molecular formula is C35H42O6. The van der Waals surface area contributed by atoms with Gasteiger partial charge in [-0.2, -0.15) is 0 Å². The first-order valence-corrected chi connectivity index (χ1v) is 14.9. The van der Waals surface area contributed by atoms with E-state index in [0.29, 0.717) is 30.9 Å². The van der Waals surface area contributed by atoms with Gasteiger partial charge in [-0.25, -0.2) is 0 Å². The number of Topliss-reactive ketones (excluding diaryl/α,β-unsaturated/α-hetero) is 1. The van der Waals surface area contributed by atoms with Gasteiger partial charge in [0.05, 0.1) is 12.7 Å². The van der Waals surface area contributed by atoms with Crippen LogP contribution in [0.3, 0.4) is 0 Å². The van der Waals surface area contributed by atoms with Crippen LogP contribution < -0.4 is 4.74 Å². The standard InChI is InChI=1S/C35H42O6/c1-41-33-20-26(12-14-31(33)38)25(11-10-24-7-3-2-4-8-24)19-29(36)22-34(40)18-16-27-9-5-6-17-35(27,23-34)28-13-15-30(37)32(39)21-28/h2-4,7-8,12-15,20-21,25,27,37-40H,5-6,9-11,16-19,22-23H2,1H3. The van der Waals surface area contributed by atoms with Gasteiger partial charge in [0, 0.05) is 18.3 Å².